The number of benzene rings is 3. The molecule has 0 aliphatic rings. The summed E-state index contributed by atoms with van der Waals surface area (Å²) in [6, 6.07) is 21.4. The first-order chi connectivity index (χ1) is 15.4. The Bertz CT molecular complexity index is 1340. The fraction of sp³-hybridized carbons (Fsp3) is 0.167. The molecule has 0 saturated carbocycles. The van der Waals surface area contributed by atoms with Crippen molar-refractivity contribution in [2.45, 2.75) is 24.7 Å². The minimum absolute atomic E-state index is 0.0977. The van der Waals surface area contributed by atoms with Gasteiger partial charge in [0.1, 0.15) is 5.75 Å². The van der Waals surface area contributed by atoms with E-state index in [9.17, 15) is 8.42 Å². The molecule has 0 spiro atoms. The maximum Gasteiger partial charge on any atom is 0.263 e. The van der Waals surface area contributed by atoms with Crippen LogP contribution >= 0.6 is 0 Å². The molecule has 0 aliphatic heterocycles. The van der Waals surface area contributed by atoms with Gasteiger partial charge in [-0.25, -0.2) is 18.4 Å². The van der Waals surface area contributed by atoms with Crippen LogP contribution in [0.1, 0.15) is 25.3 Å². The third kappa shape index (κ3) is 4.65. The number of rotatable bonds is 7. The van der Waals surface area contributed by atoms with E-state index in [0.717, 1.165) is 5.69 Å². The highest BCUT2D eigenvalue weighted by molar-refractivity contribution is 7.92. The monoisotopic (exact) mass is 448 g/mol. The van der Waals surface area contributed by atoms with Crippen molar-refractivity contribution in [3.05, 3.63) is 78.4 Å². The summed E-state index contributed by atoms with van der Waals surface area (Å²) >= 11 is 0. The predicted molar refractivity (Wildman–Crippen MR) is 127 cm³/mol. The molecule has 7 nitrogen and oxygen atoms in total. The van der Waals surface area contributed by atoms with Crippen LogP contribution < -0.4 is 14.8 Å². The van der Waals surface area contributed by atoms with Gasteiger partial charge in [-0.3, -0.25) is 4.72 Å². The van der Waals surface area contributed by atoms with Crippen LogP contribution in [0.25, 0.3) is 11.0 Å². The summed E-state index contributed by atoms with van der Waals surface area (Å²) in [6.07, 6.45) is 0. The molecule has 0 fully saturated rings. The Hall–Kier alpha value is -3.65. The van der Waals surface area contributed by atoms with Crippen molar-refractivity contribution >= 4 is 38.4 Å². The Morgan fingerprint density at radius 2 is 1.41 bits per heavy atom. The van der Waals surface area contributed by atoms with E-state index in [0.29, 0.717) is 28.5 Å². The highest BCUT2D eigenvalue weighted by Gasteiger charge is 2.19. The summed E-state index contributed by atoms with van der Waals surface area (Å²) in [7, 11) is -2.36. The average Bonchev–Trinajstić information content (AvgIpc) is 2.79. The molecule has 0 unspecified atom stereocenters. The molecule has 0 aliphatic carbocycles. The summed E-state index contributed by atoms with van der Waals surface area (Å²) in [5, 5.41) is 3.20. The molecule has 8 heteroatoms. The first-order valence-corrected chi connectivity index (χ1v) is 11.6. The van der Waals surface area contributed by atoms with Crippen LogP contribution in [0, 0.1) is 0 Å². The minimum Gasteiger partial charge on any atom is -0.497 e. The largest absolute Gasteiger partial charge is 0.497 e. The van der Waals surface area contributed by atoms with E-state index in [1.807, 2.05) is 42.5 Å². The topological polar surface area (TPSA) is 93.2 Å². The fourth-order valence-electron chi connectivity index (χ4n) is 3.19. The summed E-state index contributed by atoms with van der Waals surface area (Å²) in [6.45, 7) is 4.26. The number of fused-ring (bicyclic) bond motifs is 1. The van der Waals surface area contributed by atoms with Crippen molar-refractivity contribution in [3.8, 4) is 5.75 Å². The van der Waals surface area contributed by atoms with Crippen molar-refractivity contribution in [3.63, 3.8) is 0 Å². The van der Waals surface area contributed by atoms with E-state index in [2.05, 4.69) is 33.9 Å². The number of ether oxygens (including phenoxy) is 1. The molecule has 4 rings (SSSR count). The Labute approximate surface area is 187 Å². The Morgan fingerprint density at radius 1 is 0.812 bits per heavy atom. The van der Waals surface area contributed by atoms with Gasteiger partial charge < -0.3 is 10.1 Å². The van der Waals surface area contributed by atoms with E-state index >= 15 is 0 Å². The zero-order chi connectivity index (χ0) is 22.7. The van der Waals surface area contributed by atoms with Gasteiger partial charge in [0.25, 0.3) is 10.0 Å². The molecular weight excluding hydrogens is 424 g/mol. The minimum atomic E-state index is -3.89. The molecule has 164 valence electrons. The van der Waals surface area contributed by atoms with Crippen LogP contribution in [0.5, 0.6) is 5.75 Å². The van der Waals surface area contributed by atoms with E-state index in [1.165, 1.54) is 24.8 Å². The molecule has 0 saturated heterocycles. The average molecular weight is 449 g/mol. The Kier molecular flexibility index (Phi) is 5.96. The standard InChI is InChI=1S/C24H24N4O3S/c1-16(2)17-8-10-18(11-9-17)25-23-24(27-22-7-5-4-6-21(22)26-23)28-32(29,30)20-14-12-19(31-3)13-15-20/h4-16H,1-3H3,(H,25,26)(H,27,28). The number of hydrogen-bond donors (Lipinski definition) is 2. The van der Waals surface area contributed by atoms with Crippen molar-refractivity contribution < 1.29 is 13.2 Å². The first kappa shape index (κ1) is 21.6. The number of anilines is 3. The van der Waals surface area contributed by atoms with Gasteiger partial charge in [0.05, 0.1) is 23.0 Å². The van der Waals surface area contributed by atoms with Crippen molar-refractivity contribution in [2.75, 3.05) is 17.1 Å². The van der Waals surface area contributed by atoms with Crippen LogP contribution in [0.3, 0.4) is 0 Å². The number of aromatic nitrogens is 2. The molecule has 3 aromatic carbocycles. The second kappa shape index (κ2) is 8.84. The SMILES string of the molecule is COc1ccc(S(=O)(=O)Nc2nc3ccccc3nc2Nc2ccc(C(C)C)cc2)cc1. The number of nitrogens with one attached hydrogen (secondary N) is 2. The molecular formula is C24H24N4O3S. The van der Waals surface area contributed by atoms with Crippen molar-refractivity contribution in [2.24, 2.45) is 0 Å². The van der Waals surface area contributed by atoms with Gasteiger partial charge in [0.2, 0.25) is 0 Å². The number of sulfonamides is 1. The second-order valence-electron chi connectivity index (χ2n) is 7.59. The van der Waals surface area contributed by atoms with Crippen LogP contribution in [-0.2, 0) is 10.0 Å². The molecule has 32 heavy (non-hydrogen) atoms. The van der Waals surface area contributed by atoms with Crippen LogP contribution in [0.2, 0.25) is 0 Å². The number of nitrogens with zero attached hydrogens (tertiary/aromatic N) is 2. The predicted octanol–water partition coefficient (Wildman–Crippen LogP) is 5.31. The van der Waals surface area contributed by atoms with Crippen molar-refractivity contribution in [1.29, 1.82) is 0 Å². The molecule has 1 heterocycles. The van der Waals surface area contributed by atoms with Gasteiger partial charge >= 0.3 is 0 Å². The lowest BCUT2D eigenvalue weighted by molar-refractivity contribution is 0.414. The van der Waals surface area contributed by atoms with Crippen LogP contribution in [0.15, 0.2) is 77.7 Å². The lowest BCUT2D eigenvalue weighted by Gasteiger charge is -2.14. The second-order valence-corrected chi connectivity index (χ2v) is 9.27. The molecule has 0 radical (unpaired) electrons. The molecule has 4 aromatic rings. The first-order valence-electron chi connectivity index (χ1n) is 10.2. The Balaban J connectivity index is 1.71. The quantitative estimate of drug-likeness (QED) is 0.398. The summed E-state index contributed by atoms with van der Waals surface area (Å²) in [4.78, 5) is 9.23. The van der Waals surface area contributed by atoms with Gasteiger partial charge in [-0.2, -0.15) is 0 Å². The molecule has 1 aromatic heterocycles. The lowest BCUT2D eigenvalue weighted by atomic mass is 10.0. The lowest BCUT2D eigenvalue weighted by Crippen LogP contribution is -2.16. The van der Waals surface area contributed by atoms with Crippen molar-refractivity contribution in [1.82, 2.24) is 9.97 Å². The van der Waals surface area contributed by atoms with Crippen LogP contribution in [-0.4, -0.2) is 25.5 Å². The third-order valence-electron chi connectivity index (χ3n) is 5.01. The summed E-state index contributed by atoms with van der Waals surface area (Å²) in [5.41, 5.74) is 3.23. The number of para-hydroxylation sites is 2. The van der Waals surface area contributed by atoms with Gasteiger partial charge in [-0.05, 0) is 60.0 Å². The van der Waals surface area contributed by atoms with E-state index in [4.69, 9.17) is 4.74 Å². The molecule has 0 atom stereocenters. The maximum atomic E-state index is 13.0. The summed E-state index contributed by atoms with van der Waals surface area (Å²) < 4.78 is 33.7. The summed E-state index contributed by atoms with van der Waals surface area (Å²) in [5.74, 6) is 1.42. The molecule has 0 amide bonds. The van der Waals surface area contributed by atoms with E-state index in [-0.39, 0.29) is 10.7 Å². The molecule has 0 bridgehead atoms. The smallest absolute Gasteiger partial charge is 0.263 e. The molecule has 2 N–H and O–H groups in total. The number of methoxy groups -OCH3 is 1. The maximum absolute atomic E-state index is 13.0. The zero-order valence-electron chi connectivity index (χ0n) is 18.0. The fourth-order valence-corrected chi connectivity index (χ4v) is 4.20. The zero-order valence-corrected chi connectivity index (χ0v) is 18.8. The Morgan fingerprint density at radius 3 is 1.97 bits per heavy atom. The van der Waals surface area contributed by atoms with Crippen LogP contribution in [0.4, 0.5) is 17.3 Å². The normalized spacial score (nSPS) is 11.5. The van der Waals surface area contributed by atoms with Gasteiger partial charge in [-0.1, -0.05) is 38.1 Å². The highest BCUT2D eigenvalue weighted by atomic mass is 32.2. The van der Waals surface area contributed by atoms with Gasteiger partial charge in [0.15, 0.2) is 11.6 Å². The van der Waals surface area contributed by atoms with E-state index < -0.39 is 10.0 Å². The number of hydrogen-bond acceptors (Lipinski definition) is 6. The third-order valence-corrected chi connectivity index (χ3v) is 6.37. The van der Waals surface area contributed by atoms with E-state index in [1.54, 1.807) is 18.2 Å². The van der Waals surface area contributed by atoms with Gasteiger partial charge in [-0.15, -0.1) is 0 Å². The highest BCUT2D eigenvalue weighted by Crippen LogP contribution is 2.28. The van der Waals surface area contributed by atoms with Gasteiger partial charge in [0, 0.05) is 5.69 Å².